The highest BCUT2D eigenvalue weighted by Gasteiger charge is 2.21. The zero-order valence-corrected chi connectivity index (χ0v) is 14.4. The van der Waals surface area contributed by atoms with Crippen LogP contribution in [-0.4, -0.2) is 55.4 Å². The van der Waals surface area contributed by atoms with E-state index >= 15 is 0 Å². The smallest absolute Gasteiger partial charge is 0.335 e. The van der Waals surface area contributed by atoms with Gasteiger partial charge in [-0.3, -0.25) is 0 Å². The van der Waals surface area contributed by atoms with Crippen LogP contribution in [0.2, 0.25) is 0 Å². The summed E-state index contributed by atoms with van der Waals surface area (Å²) in [5.41, 5.74) is 2.54. The number of hydrogen-bond acceptors (Lipinski definition) is 7. The van der Waals surface area contributed by atoms with Gasteiger partial charge in [-0.05, 0) is 53.1 Å². The molecule has 2 atom stereocenters. The summed E-state index contributed by atoms with van der Waals surface area (Å²) in [6, 6.07) is 8.48. The number of pyridine rings is 1. The number of aromatic carboxylic acids is 1. The Morgan fingerprint density at radius 1 is 1.37 bits per heavy atom. The predicted octanol–water partition coefficient (Wildman–Crippen LogP) is 0.839. The number of aromatic nitrogens is 4. The van der Waals surface area contributed by atoms with Crippen molar-refractivity contribution in [3.63, 3.8) is 0 Å². The second-order valence-corrected chi connectivity index (χ2v) is 6.52. The molecule has 0 radical (unpaired) electrons. The normalized spacial score (nSPS) is 17.3. The molecule has 9 heteroatoms. The number of benzene rings is 1. The maximum Gasteiger partial charge on any atom is 0.335 e. The summed E-state index contributed by atoms with van der Waals surface area (Å²) in [4.78, 5) is 11.0. The Morgan fingerprint density at radius 2 is 2.26 bits per heavy atom. The molecule has 3 aromatic rings. The first-order valence-electron chi connectivity index (χ1n) is 8.69. The fourth-order valence-corrected chi connectivity index (χ4v) is 3.17. The lowest BCUT2D eigenvalue weighted by Crippen LogP contribution is -2.36. The SMILES string of the molecule is O=C(O)c1ccc2c(c1)CCC(CNCC(O)c1ccc3nnnn3c1)O2. The second-order valence-electron chi connectivity index (χ2n) is 6.52. The summed E-state index contributed by atoms with van der Waals surface area (Å²) >= 11 is 0. The van der Waals surface area contributed by atoms with Gasteiger partial charge in [-0.1, -0.05) is 6.07 Å². The second kappa shape index (κ2) is 7.29. The molecule has 4 rings (SSSR count). The fraction of sp³-hybridized carbons (Fsp3) is 0.333. The Kier molecular flexibility index (Phi) is 4.69. The standard InChI is InChI=1S/C18H19N5O4/c24-15(13-3-6-17-20-21-22-23(17)10-13)9-19-8-14-4-1-11-7-12(18(25)26)2-5-16(11)27-14/h2-3,5-7,10,14-15,19,24H,1,4,8-9H2,(H,25,26). The molecule has 2 unspecified atom stereocenters. The quantitative estimate of drug-likeness (QED) is 0.584. The lowest BCUT2D eigenvalue weighted by atomic mass is 10.00. The number of fused-ring (bicyclic) bond motifs is 2. The number of carboxylic acids is 1. The predicted molar refractivity (Wildman–Crippen MR) is 94.7 cm³/mol. The van der Waals surface area contributed by atoms with Gasteiger partial charge in [0.15, 0.2) is 5.65 Å². The molecule has 27 heavy (non-hydrogen) atoms. The molecule has 0 aliphatic carbocycles. The van der Waals surface area contributed by atoms with Gasteiger partial charge in [0.05, 0.1) is 11.7 Å². The van der Waals surface area contributed by atoms with E-state index in [1.165, 1.54) is 4.52 Å². The number of nitrogens with zero attached hydrogens (tertiary/aromatic N) is 4. The van der Waals surface area contributed by atoms with E-state index in [4.69, 9.17) is 9.84 Å². The van der Waals surface area contributed by atoms with Crippen molar-refractivity contribution in [2.45, 2.75) is 25.0 Å². The van der Waals surface area contributed by atoms with Crippen LogP contribution in [0.4, 0.5) is 0 Å². The third-order valence-corrected chi connectivity index (χ3v) is 4.65. The van der Waals surface area contributed by atoms with Crippen molar-refractivity contribution >= 4 is 11.6 Å². The van der Waals surface area contributed by atoms with Crippen molar-refractivity contribution in [2.75, 3.05) is 13.1 Å². The number of ether oxygens (including phenoxy) is 1. The van der Waals surface area contributed by atoms with E-state index in [-0.39, 0.29) is 11.7 Å². The van der Waals surface area contributed by atoms with Crippen molar-refractivity contribution < 1.29 is 19.7 Å². The summed E-state index contributed by atoms with van der Waals surface area (Å²) in [6.45, 7) is 0.961. The molecule has 1 aromatic carbocycles. The molecule has 3 N–H and O–H groups in total. The zero-order chi connectivity index (χ0) is 18.8. The van der Waals surface area contributed by atoms with E-state index in [9.17, 15) is 9.90 Å². The van der Waals surface area contributed by atoms with Crippen LogP contribution in [0.5, 0.6) is 5.75 Å². The van der Waals surface area contributed by atoms with Gasteiger partial charge in [-0.2, -0.15) is 0 Å². The number of carbonyl (C=O) groups is 1. The van der Waals surface area contributed by atoms with Crippen LogP contribution in [0.15, 0.2) is 36.5 Å². The van der Waals surface area contributed by atoms with Crippen molar-refractivity contribution in [3.05, 3.63) is 53.2 Å². The largest absolute Gasteiger partial charge is 0.489 e. The van der Waals surface area contributed by atoms with Crippen LogP contribution >= 0.6 is 0 Å². The Labute approximate surface area is 154 Å². The van der Waals surface area contributed by atoms with Gasteiger partial charge in [-0.15, -0.1) is 5.10 Å². The molecular weight excluding hydrogens is 350 g/mol. The van der Waals surface area contributed by atoms with E-state index in [1.54, 1.807) is 36.5 Å². The van der Waals surface area contributed by atoms with Gasteiger partial charge in [-0.25, -0.2) is 9.31 Å². The fourth-order valence-electron chi connectivity index (χ4n) is 3.17. The first-order valence-corrected chi connectivity index (χ1v) is 8.69. The maximum absolute atomic E-state index is 11.0. The minimum atomic E-state index is -0.935. The van der Waals surface area contributed by atoms with E-state index < -0.39 is 12.1 Å². The highest BCUT2D eigenvalue weighted by atomic mass is 16.5. The van der Waals surface area contributed by atoms with Gasteiger partial charge in [0.2, 0.25) is 0 Å². The molecule has 9 nitrogen and oxygen atoms in total. The Hall–Kier alpha value is -3.04. The Bertz CT molecular complexity index is 973. The van der Waals surface area contributed by atoms with Crippen LogP contribution in [0.1, 0.15) is 34.0 Å². The Morgan fingerprint density at radius 3 is 3.11 bits per heavy atom. The van der Waals surface area contributed by atoms with E-state index in [2.05, 4.69) is 20.8 Å². The minimum Gasteiger partial charge on any atom is -0.489 e. The van der Waals surface area contributed by atoms with Gasteiger partial charge in [0, 0.05) is 24.8 Å². The van der Waals surface area contributed by atoms with Crippen molar-refractivity contribution in [2.24, 2.45) is 0 Å². The first kappa shape index (κ1) is 17.4. The first-order chi connectivity index (χ1) is 13.1. The van der Waals surface area contributed by atoms with Crippen LogP contribution in [0, 0.1) is 0 Å². The topological polar surface area (TPSA) is 122 Å². The number of carboxylic acid groups (broad SMARTS) is 1. The van der Waals surface area contributed by atoms with Crippen molar-refractivity contribution in [3.8, 4) is 5.75 Å². The van der Waals surface area contributed by atoms with Gasteiger partial charge in [0.1, 0.15) is 11.9 Å². The van der Waals surface area contributed by atoms with Gasteiger partial charge < -0.3 is 20.3 Å². The zero-order valence-electron chi connectivity index (χ0n) is 14.4. The molecule has 0 saturated carbocycles. The minimum absolute atomic E-state index is 0.0256. The van der Waals surface area contributed by atoms with Crippen LogP contribution in [0.25, 0.3) is 5.65 Å². The number of aliphatic hydroxyl groups is 1. The Balaban J connectivity index is 1.31. The molecular formula is C18H19N5O4. The van der Waals surface area contributed by atoms with Crippen molar-refractivity contribution in [1.29, 1.82) is 0 Å². The summed E-state index contributed by atoms with van der Waals surface area (Å²) in [7, 11) is 0. The maximum atomic E-state index is 11.0. The lowest BCUT2D eigenvalue weighted by Gasteiger charge is -2.27. The molecule has 0 saturated heterocycles. The third kappa shape index (κ3) is 3.74. The monoisotopic (exact) mass is 369 g/mol. The van der Waals surface area contributed by atoms with Crippen molar-refractivity contribution in [1.82, 2.24) is 25.4 Å². The molecule has 1 aliphatic heterocycles. The van der Waals surface area contributed by atoms with E-state index in [1.807, 2.05) is 0 Å². The average Bonchev–Trinajstić information content (AvgIpc) is 3.15. The summed E-state index contributed by atoms with van der Waals surface area (Å²) in [5.74, 6) is -0.210. The molecule has 140 valence electrons. The summed E-state index contributed by atoms with van der Waals surface area (Å²) in [5, 5.41) is 33.9. The highest BCUT2D eigenvalue weighted by Crippen LogP contribution is 2.28. The lowest BCUT2D eigenvalue weighted by molar-refractivity contribution is 0.0696. The molecule has 1 aliphatic rings. The molecule has 0 bridgehead atoms. The van der Waals surface area contributed by atoms with Crippen LogP contribution < -0.4 is 10.1 Å². The van der Waals surface area contributed by atoms with Crippen LogP contribution in [0.3, 0.4) is 0 Å². The van der Waals surface area contributed by atoms with E-state index in [0.29, 0.717) is 18.7 Å². The molecule has 3 heterocycles. The number of hydrogen-bond donors (Lipinski definition) is 3. The summed E-state index contributed by atoms with van der Waals surface area (Å²) in [6.07, 6.45) is 2.54. The number of rotatable bonds is 6. The number of nitrogens with one attached hydrogen (secondary N) is 1. The van der Waals surface area contributed by atoms with Gasteiger partial charge in [0.25, 0.3) is 0 Å². The number of aryl methyl sites for hydroxylation is 1. The molecule has 0 amide bonds. The average molecular weight is 369 g/mol. The third-order valence-electron chi connectivity index (χ3n) is 4.65. The summed E-state index contributed by atoms with van der Waals surface area (Å²) < 4.78 is 7.45. The molecule has 2 aromatic heterocycles. The number of tetrazole rings is 1. The van der Waals surface area contributed by atoms with Crippen LogP contribution in [-0.2, 0) is 6.42 Å². The van der Waals surface area contributed by atoms with E-state index in [0.717, 1.165) is 29.7 Å². The highest BCUT2D eigenvalue weighted by molar-refractivity contribution is 5.88. The molecule has 0 spiro atoms. The number of aliphatic hydroxyl groups excluding tert-OH is 1. The van der Waals surface area contributed by atoms with Gasteiger partial charge >= 0.3 is 5.97 Å². The molecule has 0 fully saturated rings.